The van der Waals surface area contributed by atoms with Gasteiger partial charge in [0.1, 0.15) is 6.61 Å². The van der Waals surface area contributed by atoms with E-state index in [9.17, 15) is 8.78 Å². The molecule has 0 spiro atoms. The first-order chi connectivity index (χ1) is 9.63. The molecule has 0 aliphatic rings. The van der Waals surface area contributed by atoms with Gasteiger partial charge in [0.15, 0.2) is 0 Å². The van der Waals surface area contributed by atoms with Crippen molar-refractivity contribution in [1.29, 1.82) is 0 Å². The molecule has 6 heteroatoms. The van der Waals surface area contributed by atoms with Crippen LogP contribution >= 0.6 is 27.3 Å². The highest BCUT2D eigenvalue weighted by Crippen LogP contribution is 2.35. The SMILES string of the molecule is CNC(CCOCC(F)F)c1csc2c(Br)cccc12. The van der Waals surface area contributed by atoms with Gasteiger partial charge < -0.3 is 10.1 Å². The minimum Gasteiger partial charge on any atom is -0.375 e. The Labute approximate surface area is 129 Å². The minimum absolute atomic E-state index is 0.107. The summed E-state index contributed by atoms with van der Waals surface area (Å²) in [5, 5.41) is 6.54. The van der Waals surface area contributed by atoms with E-state index in [4.69, 9.17) is 4.74 Å². The molecule has 0 bridgehead atoms. The van der Waals surface area contributed by atoms with E-state index in [1.165, 1.54) is 15.6 Å². The number of thiophene rings is 1. The molecule has 1 aromatic heterocycles. The Hall–Kier alpha value is -0.560. The maximum atomic E-state index is 12.0. The van der Waals surface area contributed by atoms with Gasteiger partial charge in [-0.15, -0.1) is 11.3 Å². The molecule has 0 saturated heterocycles. The quantitative estimate of drug-likeness (QED) is 0.726. The Morgan fingerprint density at radius 2 is 2.20 bits per heavy atom. The van der Waals surface area contributed by atoms with E-state index in [0.717, 1.165) is 4.47 Å². The smallest absolute Gasteiger partial charge is 0.261 e. The van der Waals surface area contributed by atoms with Crippen LogP contribution in [0.5, 0.6) is 0 Å². The number of rotatable bonds is 7. The summed E-state index contributed by atoms with van der Waals surface area (Å²) < 4.78 is 31.3. The summed E-state index contributed by atoms with van der Waals surface area (Å²) >= 11 is 5.22. The molecule has 2 nitrogen and oxygen atoms in total. The molecule has 1 aromatic carbocycles. The van der Waals surface area contributed by atoms with E-state index < -0.39 is 13.0 Å². The van der Waals surface area contributed by atoms with Crippen molar-refractivity contribution in [3.8, 4) is 0 Å². The summed E-state index contributed by atoms with van der Waals surface area (Å²) in [6, 6.07) is 6.21. The van der Waals surface area contributed by atoms with E-state index in [-0.39, 0.29) is 6.04 Å². The Balaban J connectivity index is 2.08. The highest BCUT2D eigenvalue weighted by molar-refractivity contribution is 9.10. The van der Waals surface area contributed by atoms with Crippen molar-refractivity contribution in [1.82, 2.24) is 5.32 Å². The number of halogens is 3. The number of hydrogen-bond acceptors (Lipinski definition) is 3. The van der Waals surface area contributed by atoms with Crippen LogP contribution in [-0.4, -0.2) is 26.7 Å². The predicted octanol–water partition coefficient (Wildman–Crippen LogP) is 4.60. The highest BCUT2D eigenvalue weighted by atomic mass is 79.9. The lowest BCUT2D eigenvalue weighted by molar-refractivity contribution is 0.0146. The zero-order chi connectivity index (χ0) is 14.5. The third kappa shape index (κ3) is 3.75. The molecule has 2 aromatic rings. The van der Waals surface area contributed by atoms with Crippen molar-refractivity contribution in [2.24, 2.45) is 0 Å². The molecule has 0 radical (unpaired) electrons. The van der Waals surface area contributed by atoms with Crippen LogP contribution in [0.4, 0.5) is 8.78 Å². The molecule has 2 rings (SSSR count). The van der Waals surface area contributed by atoms with Gasteiger partial charge in [-0.1, -0.05) is 12.1 Å². The molecule has 0 aliphatic carbocycles. The first-order valence-electron chi connectivity index (χ1n) is 6.32. The molecule has 1 N–H and O–H groups in total. The van der Waals surface area contributed by atoms with E-state index in [1.807, 2.05) is 19.2 Å². The number of hydrogen-bond donors (Lipinski definition) is 1. The summed E-state index contributed by atoms with van der Waals surface area (Å²) in [6.07, 6.45) is -1.73. The van der Waals surface area contributed by atoms with Gasteiger partial charge in [-0.05, 0) is 51.8 Å². The topological polar surface area (TPSA) is 21.3 Å². The van der Waals surface area contributed by atoms with Crippen LogP contribution in [0, 0.1) is 0 Å². The lowest BCUT2D eigenvalue weighted by Crippen LogP contribution is -2.18. The van der Waals surface area contributed by atoms with Gasteiger partial charge in [0.2, 0.25) is 0 Å². The van der Waals surface area contributed by atoms with Gasteiger partial charge in [0.05, 0.1) is 0 Å². The molecule has 20 heavy (non-hydrogen) atoms. The fourth-order valence-electron chi connectivity index (χ4n) is 2.14. The van der Waals surface area contributed by atoms with Crippen LogP contribution in [0.1, 0.15) is 18.0 Å². The summed E-state index contributed by atoms with van der Waals surface area (Å²) in [7, 11) is 1.87. The molecular weight excluding hydrogens is 348 g/mol. The number of alkyl halides is 2. The summed E-state index contributed by atoms with van der Waals surface area (Å²) in [5.41, 5.74) is 1.19. The van der Waals surface area contributed by atoms with Gasteiger partial charge in [0.25, 0.3) is 6.43 Å². The first-order valence-corrected chi connectivity index (χ1v) is 7.99. The van der Waals surface area contributed by atoms with Crippen molar-refractivity contribution in [3.63, 3.8) is 0 Å². The van der Waals surface area contributed by atoms with E-state index >= 15 is 0 Å². The van der Waals surface area contributed by atoms with Crippen molar-refractivity contribution >= 4 is 37.4 Å². The maximum Gasteiger partial charge on any atom is 0.261 e. The number of benzene rings is 1. The van der Waals surface area contributed by atoms with Crippen LogP contribution in [-0.2, 0) is 4.74 Å². The number of nitrogens with one attached hydrogen (secondary N) is 1. The van der Waals surface area contributed by atoms with Crippen LogP contribution in [0.15, 0.2) is 28.1 Å². The lowest BCUT2D eigenvalue weighted by Gasteiger charge is -2.16. The lowest BCUT2D eigenvalue weighted by atomic mass is 10.0. The number of ether oxygens (including phenoxy) is 1. The summed E-state index contributed by atoms with van der Waals surface area (Å²) in [5.74, 6) is 0. The summed E-state index contributed by atoms with van der Waals surface area (Å²) in [4.78, 5) is 0. The molecule has 0 saturated carbocycles. The standard InChI is InChI=1S/C14H16BrF2NOS/c1-18-12(5-6-19-7-13(16)17)10-8-20-14-9(10)3-2-4-11(14)15/h2-4,8,12-13,18H,5-7H2,1H3. The zero-order valence-corrected chi connectivity index (χ0v) is 13.4. The minimum atomic E-state index is -2.40. The average molecular weight is 364 g/mol. The second kappa shape index (κ2) is 7.45. The maximum absolute atomic E-state index is 12.0. The fourth-order valence-corrected chi connectivity index (χ4v) is 3.82. The van der Waals surface area contributed by atoms with Gasteiger partial charge in [-0.3, -0.25) is 0 Å². The summed E-state index contributed by atoms with van der Waals surface area (Å²) in [6.45, 7) is -0.173. The van der Waals surface area contributed by atoms with Crippen LogP contribution in [0.25, 0.3) is 10.1 Å². The molecule has 110 valence electrons. The molecule has 0 amide bonds. The Bertz CT molecular complexity index is 561. The van der Waals surface area contributed by atoms with Crippen molar-refractivity contribution in [2.75, 3.05) is 20.3 Å². The van der Waals surface area contributed by atoms with Gasteiger partial charge >= 0.3 is 0 Å². The molecule has 0 fully saturated rings. The first kappa shape index (κ1) is 15.8. The second-order valence-corrected chi connectivity index (χ2v) is 6.14. The van der Waals surface area contributed by atoms with Crippen LogP contribution in [0.3, 0.4) is 0 Å². The average Bonchev–Trinajstić information content (AvgIpc) is 2.84. The molecule has 1 atom stereocenters. The zero-order valence-electron chi connectivity index (χ0n) is 11.0. The predicted molar refractivity (Wildman–Crippen MR) is 82.8 cm³/mol. The molecule has 1 heterocycles. The fraction of sp³-hybridized carbons (Fsp3) is 0.429. The highest BCUT2D eigenvalue weighted by Gasteiger charge is 2.15. The van der Waals surface area contributed by atoms with Crippen molar-refractivity contribution in [3.05, 3.63) is 33.6 Å². The third-order valence-corrected chi connectivity index (χ3v) is 5.07. The molecule has 0 aliphatic heterocycles. The normalized spacial score (nSPS) is 13.2. The largest absolute Gasteiger partial charge is 0.375 e. The van der Waals surface area contributed by atoms with Crippen LogP contribution < -0.4 is 5.32 Å². The van der Waals surface area contributed by atoms with Crippen molar-refractivity contribution in [2.45, 2.75) is 18.9 Å². The monoisotopic (exact) mass is 363 g/mol. The molecule has 1 unspecified atom stereocenters. The molecular formula is C14H16BrF2NOS. The Kier molecular flexibility index (Phi) is 5.89. The van der Waals surface area contributed by atoms with Crippen molar-refractivity contribution < 1.29 is 13.5 Å². The van der Waals surface area contributed by atoms with Gasteiger partial charge in [-0.2, -0.15) is 0 Å². The van der Waals surface area contributed by atoms with Crippen LogP contribution in [0.2, 0.25) is 0 Å². The third-order valence-electron chi connectivity index (χ3n) is 3.10. The second-order valence-electron chi connectivity index (χ2n) is 4.40. The Morgan fingerprint density at radius 3 is 2.90 bits per heavy atom. The Morgan fingerprint density at radius 1 is 1.40 bits per heavy atom. The van der Waals surface area contributed by atoms with Gasteiger partial charge in [0, 0.05) is 21.8 Å². The van der Waals surface area contributed by atoms with Gasteiger partial charge in [-0.25, -0.2) is 8.78 Å². The van der Waals surface area contributed by atoms with E-state index in [2.05, 4.69) is 32.7 Å². The van der Waals surface area contributed by atoms with E-state index in [1.54, 1.807) is 11.3 Å². The van der Waals surface area contributed by atoms with E-state index in [0.29, 0.717) is 13.0 Å². The number of fused-ring (bicyclic) bond motifs is 1.